The molecule has 2 amide bonds. The van der Waals surface area contributed by atoms with Crippen LogP contribution in [0.15, 0.2) is 24.5 Å². The summed E-state index contributed by atoms with van der Waals surface area (Å²) in [6.07, 6.45) is 1.29. The van der Waals surface area contributed by atoms with Gasteiger partial charge in [0, 0.05) is 26.2 Å². The van der Waals surface area contributed by atoms with Crippen molar-refractivity contribution < 1.29 is 18.0 Å². The summed E-state index contributed by atoms with van der Waals surface area (Å²) in [5.74, 6) is -1.99. The maximum atomic E-state index is 14.1. The van der Waals surface area contributed by atoms with Crippen LogP contribution in [0.2, 0.25) is 0 Å². The number of carbonyl (C=O) groups excluding carboxylic acids is 1. The van der Waals surface area contributed by atoms with E-state index in [-0.39, 0.29) is 24.6 Å². The number of piperazine rings is 1. The fourth-order valence-corrected chi connectivity index (χ4v) is 2.59. The molecular formula is C16H16F3N5O. The van der Waals surface area contributed by atoms with Gasteiger partial charge in [0.05, 0.1) is 5.69 Å². The van der Waals surface area contributed by atoms with Crippen LogP contribution in [-0.2, 0) is 0 Å². The van der Waals surface area contributed by atoms with Crippen molar-refractivity contribution in [1.29, 1.82) is 0 Å². The lowest BCUT2D eigenvalue weighted by molar-refractivity contribution is 0.207. The van der Waals surface area contributed by atoms with E-state index in [0.717, 1.165) is 12.1 Å². The summed E-state index contributed by atoms with van der Waals surface area (Å²) in [4.78, 5) is 23.0. The molecule has 1 N–H and O–H groups in total. The Kier molecular flexibility index (Phi) is 4.73. The van der Waals surface area contributed by atoms with Gasteiger partial charge in [0.1, 0.15) is 23.6 Å². The van der Waals surface area contributed by atoms with Gasteiger partial charge in [0.25, 0.3) is 0 Å². The third-order valence-electron chi connectivity index (χ3n) is 4.01. The summed E-state index contributed by atoms with van der Waals surface area (Å²) < 4.78 is 41.3. The van der Waals surface area contributed by atoms with Gasteiger partial charge in [-0.1, -0.05) is 6.07 Å². The van der Waals surface area contributed by atoms with Gasteiger partial charge in [-0.2, -0.15) is 0 Å². The van der Waals surface area contributed by atoms with Crippen molar-refractivity contribution in [3.05, 3.63) is 47.7 Å². The second-order valence-corrected chi connectivity index (χ2v) is 5.60. The molecule has 6 nitrogen and oxygen atoms in total. The lowest BCUT2D eigenvalue weighted by Crippen LogP contribution is -2.50. The van der Waals surface area contributed by atoms with E-state index in [1.54, 1.807) is 11.8 Å². The van der Waals surface area contributed by atoms with E-state index in [1.165, 1.54) is 17.3 Å². The first kappa shape index (κ1) is 17.0. The summed E-state index contributed by atoms with van der Waals surface area (Å²) >= 11 is 0. The van der Waals surface area contributed by atoms with E-state index in [1.807, 2.05) is 0 Å². The van der Waals surface area contributed by atoms with Gasteiger partial charge in [0.2, 0.25) is 0 Å². The Balaban J connectivity index is 1.64. The number of nitrogens with zero attached hydrogens (tertiary/aromatic N) is 4. The molecule has 1 aliphatic rings. The van der Waals surface area contributed by atoms with Crippen molar-refractivity contribution in [2.45, 2.75) is 6.92 Å². The molecule has 2 heterocycles. The number of carbonyl (C=O) groups is 1. The molecular weight excluding hydrogens is 335 g/mol. The number of halogens is 3. The monoisotopic (exact) mass is 351 g/mol. The van der Waals surface area contributed by atoms with Crippen molar-refractivity contribution in [2.75, 3.05) is 36.4 Å². The van der Waals surface area contributed by atoms with Crippen molar-refractivity contribution >= 4 is 17.5 Å². The van der Waals surface area contributed by atoms with Crippen LogP contribution in [0.4, 0.5) is 29.5 Å². The lowest BCUT2D eigenvalue weighted by Gasteiger charge is -2.35. The molecule has 0 bridgehead atoms. The van der Waals surface area contributed by atoms with Crippen LogP contribution < -0.4 is 10.2 Å². The van der Waals surface area contributed by atoms with E-state index in [2.05, 4.69) is 15.3 Å². The fraction of sp³-hybridized carbons (Fsp3) is 0.312. The predicted octanol–water partition coefficient (Wildman–Crippen LogP) is 2.56. The molecule has 0 radical (unpaired) electrons. The first-order valence-corrected chi connectivity index (χ1v) is 7.69. The molecule has 0 aliphatic carbocycles. The van der Waals surface area contributed by atoms with Gasteiger partial charge >= 0.3 is 6.03 Å². The number of hydrogen-bond donors (Lipinski definition) is 1. The van der Waals surface area contributed by atoms with E-state index in [4.69, 9.17) is 0 Å². The predicted molar refractivity (Wildman–Crippen MR) is 85.9 cm³/mol. The lowest BCUT2D eigenvalue weighted by atomic mass is 10.2. The molecule has 25 heavy (non-hydrogen) atoms. The summed E-state index contributed by atoms with van der Waals surface area (Å²) in [7, 11) is 0. The Bertz CT molecular complexity index is 773. The van der Waals surface area contributed by atoms with Crippen molar-refractivity contribution in [2.24, 2.45) is 0 Å². The van der Waals surface area contributed by atoms with Crippen LogP contribution in [0.1, 0.15) is 5.69 Å². The minimum Gasteiger partial charge on any atom is -0.351 e. The highest BCUT2D eigenvalue weighted by molar-refractivity contribution is 5.89. The van der Waals surface area contributed by atoms with Gasteiger partial charge < -0.3 is 15.1 Å². The Morgan fingerprint density at radius 3 is 2.36 bits per heavy atom. The number of hydrogen-bond acceptors (Lipinski definition) is 4. The Labute approximate surface area is 142 Å². The Morgan fingerprint density at radius 1 is 1.08 bits per heavy atom. The molecule has 132 valence electrons. The number of benzene rings is 1. The number of para-hydroxylation sites is 1. The number of urea groups is 1. The molecule has 1 saturated heterocycles. The topological polar surface area (TPSA) is 61.4 Å². The maximum Gasteiger partial charge on any atom is 0.322 e. The highest BCUT2D eigenvalue weighted by Crippen LogP contribution is 2.21. The van der Waals surface area contributed by atoms with E-state index < -0.39 is 29.2 Å². The van der Waals surface area contributed by atoms with Crippen LogP contribution in [0.3, 0.4) is 0 Å². The zero-order valence-electron chi connectivity index (χ0n) is 13.5. The second kappa shape index (κ2) is 6.96. The first-order chi connectivity index (χ1) is 12.0. The number of aryl methyl sites for hydroxylation is 1. The number of anilines is 2. The average Bonchev–Trinajstić information content (AvgIpc) is 2.61. The van der Waals surface area contributed by atoms with Crippen LogP contribution in [0, 0.1) is 24.4 Å². The molecule has 0 atom stereocenters. The van der Waals surface area contributed by atoms with E-state index in [9.17, 15) is 18.0 Å². The van der Waals surface area contributed by atoms with Crippen LogP contribution in [-0.4, -0.2) is 47.1 Å². The van der Waals surface area contributed by atoms with E-state index in [0.29, 0.717) is 13.1 Å². The molecule has 9 heteroatoms. The zero-order valence-corrected chi connectivity index (χ0v) is 13.5. The molecule has 1 fully saturated rings. The Morgan fingerprint density at radius 2 is 1.72 bits per heavy atom. The minimum absolute atomic E-state index is 0.188. The average molecular weight is 351 g/mol. The molecule has 1 aromatic heterocycles. The highest BCUT2D eigenvalue weighted by Gasteiger charge is 2.25. The van der Waals surface area contributed by atoms with E-state index >= 15 is 0 Å². The molecule has 1 aliphatic heterocycles. The maximum absolute atomic E-state index is 14.1. The van der Waals surface area contributed by atoms with Crippen LogP contribution in [0.5, 0.6) is 0 Å². The number of aromatic nitrogens is 2. The third-order valence-corrected chi connectivity index (χ3v) is 4.01. The first-order valence-electron chi connectivity index (χ1n) is 7.69. The quantitative estimate of drug-likeness (QED) is 0.903. The summed E-state index contributed by atoms with van der Waals surface area (Å²) in [6.45, 7) is 2.78. The highest BCUT2D eigenvalue weighted by atomic mass is 19.1. The van der Waals surface area contributed by atoms with Gasteiger partial charge in [-0.25, -0.2) is 27.9 Å². The normalized spacial score (nSPS) is 14.6. The molecule has 0 spiro atoms. The molecule has 1 aromatic carbocycles. The molecule has 0 unspecified atom stereocenters. The largest absolute Gasteiger partial charge is 0.351 e. The summed E-state index contributed by atoms with van der Waals surface area (Å²) in [6, 6.07) is 2.74. The van der Waals surface area contributed by atoms with Crippen LogP contribution in [0.25, 0.3) is 0 Å². The molecule has 0 saturated carbocycles. The fourth-order valence-electron chi connectivity index (χ4n) is 2.59. The van der Waals surface area contributed by atoms with Gasteiger partial charge in [-0.15, -0.1) is 0 Å². The zero-order chi connectivity index (χ0) is 18.0. The van der Waals surface area contributed by atoms with Crippen molar-refractivity contribution in [3.63, 3.8) is 0 Å². The number of nitrogens with one attached hydrogen (secondary N) is 1. The van der Waals surface area contributed by atoms with Gasteiger partial charge in [-0.3, -0.25) is 0 Å². The standard InChI is InChI=1S/C16H16F3N5O/c1-10-13(19)15(21-9-20-10)23-5-7-24(8-6-23)16(25)22-14-11(17)3-2-4-12(14)18/h2-4,9H,5-8H2,1H3,(H,22,25). The van der Waals surface area contributed by atoms with Crippen molar-refractivity contribution in [1.82, 2.24) is 14.9 Å². The van der Waals surface area contributed by atoms with Crippen molar-refractivity contribution in [3.8, 4) is 0 Å². The minimum atomic E-state index is -0.842. The second-order valence-electron chi connectivity index (χ2n) is 5.60. The molecule has 2 aromatic rings. The molecule has 3 rings (SSSR count). The number of amides is 2. The summed E-state index contributed by atoms with van der Waals surface area (Å²) in [5, 5.41) is 2.24. The van der Waals surface area contributed by atoms with Gasteiger partial charge in [0.15, 0.2) is 11.6 Å². The number of rotatable bonds is 2. The third kappa shape index (κ3) is 3.49. The SMILES string of the molecule is Cc1ncnc(N2CCN(C(=O)Nc3c(F)cccc3F)CC2)c1F. The van der Waals surface area contributed by atoms with Gasteiger partial charge in [-0.05, 0) is 19.1 Å². The van der Waals surface area contributed by atoms with Crippen LogP contribution >= 0.6 is 0 Å². The summed E-state index contributed by atoms with van der Waals surface area (Å²) in [5.41, 5.74) is -0.229. The smallest absolute Gasteiger partial charge is 0.322 e. The Hall–Kier alpha value is -2.84.